The number of likely N-dealkylation sites (N-methyl/N-ethyl adjacent to an activating group) is 1. The molecular formula is C14H22N6O. The fraction of sp³-hybridized carbons (Fsp3) is 0.500. The number of carbonyl (C=O) groups is 1. The highest BCUT2D eigenvalue weighted by molar-refractivity contribution is 5.73. The van der Waals surface area contributed by atoms with E-state index in [4.69, 9.17) is 0 Å². The van der Waals surface area contributed by atoms with E-state index in [1.807, 2.05) is 30.2 Å². The molecule has 114 valence electrons. The second kappa shape index (κ2) is 7.47. The Kier molecular flexibility index (Phi) is 5.36. The fourth-order valence-electron chi connectivity index (χ4n) is 2.01. The SMILES string of the molecule is CN(CCn1ccnc1)C(=O)NCCCc1cnn(C)c1. The molecule has 7 nitrogen and oxygen atoms in total. The summed E-state index contributed by atoms with van der Waals surface area (Å²) in [4.78, 5) is 17.5. The number of urea groups is 1. The Hall–Kier alpha value is -2.31. The number of imidazole rings is 1. The summed E-state index contributed by atoms with van der Waals surface area (Å²) >= 11 is 0. The molecule has 0 aliphatic rings. The van der Waals surface area contributed by atoms with Crippen LogP contribution in [0.15, 0.2) is 31.1 Å². The van der Waals surface area contributed by atoms with Gasteiger partial charge in [-0.2, -0.15) is 5.10 Å². The van der Waals surface area contributed by atoms with Crippen molar-refractivity contribution in [3.05, 3.63) is 36.7 Å². The molecule has 1 N–H and O–H groups in total. The number of amides is 2. The smallest absolute Gasteiger partial charge is 0.317 e. The van der Waals surface area contributed by atoms with Crippen LogP contribution in [0.1, 0.15) is 12.0 Å². The molecule has 2 amide bonds. The van der Waals surface area contributed by atoms with Crippen molar-refractivity contribution in [2.75, 3.05) is 20.1 Å². The summed E-state index contributed by atoms with van der Waals surface area (Å²) in [5.41, 5.74) is 1.19. The molecule has 0 aliphatic carbocycles. The minimum atomic E-state index is -0.0405. The first kappa shape index (κ1) is 15.1. The van der Waals surface area contributed by atoms with E-state index in [-0.39, 0.29) is 6.03 Å². The molecular weight excluding hydrogens is 268 g/mol. The van der Waals surface area contributed by atoms with Gasteiger partial charge in [0.25, 0.3) is 0 Å². The Morgan fingerprint density at radius 1 is 1.48 bits per heavy atom. The number of rotatable bonds is 7. The van der Waals surface area contributed by atoms with Crippen LogP contribution in [-0.2, 0) is 20.0 Å². The van der Waals surface area contributed by atoms with E-state index in [1.54, 1.807) is 29.2 Å². The highest BCUT2D eigenvalue weighted by Crippen LogP contribution is 2.00. The molecule has 0 fully saturated rings. The Bertz CT molecular complexity index is 548. The molecule has 0 aliphatic heterocycles. The maximum absolute atomic E-state index is 11.9. The van der Waals surface area contributed by atoms with Crippen LogP contribution in [0.2, 0.25) is 0 Å². The van der Waals surface area contributed by atoms with E-state index in [9.17, 15) is 4.79 Å². The van der Waals surface area contributed by atoms with Crippen LogP contribution in [0.4, 0.5) is 4.79 Å². The molecule has 21 heavy (non-hydrogen) atoms. The van der Waals surface area contributed by atoms with Crippen LogP contribution in [0.25, 0.3) is 0 Å². The van der Waals surface area contributed by atoms with Crippen molar-refractivity contribution in [2.45, 2.75) is 19.4 Å². The van der Waals surface area contributed by atoms with Gasteiger partial charge in [-0.15, -0.1) is 0 Å². The van der Waals surface area contributed by atoms with Gasteiger partial charge in [-0.3, -0.25) is 4.68 Å². The van der Waals surface area contributed by atoms with Gasteiger partial charge in [-0.1, -0.05) is 0 Å². The standard InChI is InChI=1S/C14H22N6O/c1-18(8-9-20-7-6-15-12-20)14(21)16-5-3-4-13-10-17-19(2)11-13/h6-7,10-12H,3-5,8-9H2,1-2H3,(H,16,21). The van der Waals surface area contributed by atoms with Crippen LogP contribution in [0.5, 0.6) is 0 Å². The fourth-order valence-corrected chi connectivity index (χ4v) is 2.01. The summed E-state index contributed by atoms with van der Waals surface area (Å²) in [5.74, 6) is 0. The summed E-state index contributed by atoms with van der Waals surface area (Å²) in [6, 6.07) is -0.0405. The lowest BCUT2D eigenvalue weighted by atomic mass is 10.2. The summed E-state index contributed by atoms with van der Waals surface area (Å²) in [6.07, 6.45) is 11.1. The average molecular weight is 290 g/mol. The number of carbonyl (C=O) groups excluding carboxylic acids is 1. The number of nitrogens with one attached hydrogen (secondary N) is 1. The van der Waals surface area contributed by atoms with E-state index >= 15 is 0 Å². The first-order valence-corrected chi connectivity index (χ1v) is 7.07. The zero-order chi connectivity index (χ0) is 15.1. The lowest BCUT2D eigenvalue weighted by Gasteiger charge is -2.18. The van der Waals surface area contributed by atoms with Gasteiger partial charge >= 0.3 is 6.03 Å². The maximum atomic E-state index is 11.9. The van der Waals surface area contributed by atoms with Crippen molar-refractivity contribution in [2.24, 2.45) is 7.05 Å². The molecule has 2 aromatic heterocycles. The zero-order valence-corrected chi connectivity index (χ0v) is 12.6. The first-order chi connectivity index (χ1) is 10.1. The van der Waals surface area contributed by atoms with Gasteiger partial charge in [0.15, 0.2) is 0 Å². The number of nitrogens with zero attached hydrogens (tertiary/aromatic N) is 5. The highest BCUT2D eigenvalue weighted by atomic mass is 16.2. The van der Waals surface area contributed by atoms with Gasteiger partial charge in [0.1, 0.15) is 0 Å². The Morgan fingerprint density at radius 3 is 3.00 bits per heavy atom. The van der Waals surface area contributed by atoms with Crippen LogP contribution in [0, 0.1) is 0 Å². The molecule has 0 saturated carbocycles. The van der Waals surface area contributed by atoms with Crippen molar-refractivity contribution in [3.63, 3.8) is 0 Å². The van der Waals surface area contributed by atoms with Crippen molar-refractivity contribution in [3.8, 4) is 0 Å². The predicted molar refractivity (Wildman–Crippen MR) is 79.8 cm³/mol. The van der Waals surface area contributed by atoms with E-state index in [0.717, 1.165) is 19.4 Å². The summed E-state index contributed by atoms with van der Waals surface area (Å²) in [7, 11) is 3.70. The van der Waals surface area contributed by atoms with Crippen LogP contribution < -0.4 is 5.32 Å². The third kappa shape index (κ3) is 4.94. The summed E-state index contributed by atoms with van der Waals surface area (Å²) in [6.45, 7) is 2.08. The average Bonchev–Trinajstić information content (AvgIpc) is 3.12. The molecule has 0 spiro atoms. The largest absolute Gasteiger partial charge is 0.338 e. The lowest BCUT2D eigenvalue weighted by molar-refractivity contribution is 0.207. The van der Waals surface area contributed by atoms with Crippen molar-refractivity contribution < 1.29 is 4.79 Å². The summed E-state index contributed by atoms with van der Waals surface area (Å²) in [5, 5.41) is 7.05. The molecule has 0 saturated heterocycles. The minimum absolute atomic E-state index is 0.0405. The van der Waals surface area contributed by atoms with Gasteiger partial charge in [-0.25, -0.2) is 9.78 Å². The molecule has 0 bridgehead atoms. The van der Waals surface area contributed by atoms with E-state index in [0.29, 0.717) is 13.1 Å². The molecule has 0 radical (unpaired) electrons. The second-order valence-corrected chi connectivity index (χ2v) is 5.08. The van der Waals surface area contributed by atoms with Crippen LogP contribution in [-0.4, -0.2) is 50.4 Å². The van der Waals surface area contributed by atoms with E-state index < -0.39 is 0 Å². The van der Waals surface area contributed by atoms with Gasteiger partial charge < -0.3 is 14.8 Å². The van der Waals surface area contributed by atoms with Gasteiger partial charge in [0.05, 0.1) is 12.5 Å². The molecule has 7 heteroatoms. The first-order valence-electron chi connectivity index (χ1n) is 7.07. The van der Waals surface area contributed by atoms with Crippen molar-refractivity contribution in [1.29, 1.82) is 0 Å². The lowest BCUT2D eigenvalue weighted by Crippen LogP contribution is -2.39. The third-order valence-electron chi connectivity index (χ3n) is 3.28. The molecule has 0 unspecified atom stereocenters. The number of aromatic nitrogens is 4. The molecule has 0 aromatic carbocycles. The molecule has 2 aromatic rings. The monoisotopic (exact) mass is 290 g/mol. The zero-order valence-electron chi connectivity index (χ0n) is 12.6. The Balaban J connectivity index is 1.60. The van der Waals surface area contributed by atoms with Gasteiger partial charge in [0.2, 0.25) is 0 Å². The minimum Gasteiger partial charge on any atom is -0.338 e. The molecule has 2 heterocycles. The normalized spacial score (nSPS) is 10.6. The summed E-state index contributed by atoms with van der Waals surface area (Å²) < 4.78 is 3.74. The topological polar surface area (TPSA) is 68.0 Å². The Labute approximate surface area is 124 Å². The van der Waals surface area contributed by atoms with Gasteiger partial charge in [-0.05, 0) is 18.4 Å². The number of aryl methyl sites for hydroxylation is 2. The van der Waals surface area contributed by atoms with Crippen molar-refractivity contribution >= 4 is 6.03 Å². The van der Waals surface area contributed by atoms with Crippen LogP contribution >= 0.6 is 0 Å². The maximum Gasteiger partial charge on any atom is 0.317 e. The number of hydrogen-bond donors (Lipinski definition) is 1. The molecule has 2 rings (SSSR count). The highest BCUT2D eigenvalue weighted by Gasteiger charge is 2.07. The number of hydrogen-bond acceptors (Lipinski definition) is 3. The van der Waals surface area contributed by atoms with Crippen LogP contribution in [0.3, 0.4) is 0 Å². The second-order valence-electron chi connectivity index (χ2n) is 5.08. The van der Waals surface area contributed by atoms with E-state index in [2.05, 4.69) is 15.4 Å². The van der Waals surface area contributed by atoms with E-state index in [1.165, 1.54) is 5.56 Å². The van der Waals surface area contributed by atoms with Gasteiger partial charge in [0, 0.05) is 52.3 Å². The predicted octanol–water partition coefficient (Wildman–Crippen LogP) is 0.891. The Morgan fingerprint density at radius 2 is 2.33 bits per heavy atom. The quantitative estimate of drug-likeness (QED) is 0.770. The molecule has 0 atom stereocenters. The van der Waals surface area contributed by atoms with Crippen molar-refractivity contribution in [1.82, 2.24) is 29.5 Å². The third-order valence-corrected chi connectivity index (χ3v) is 3.28.